The minimum absolute atomic E-state index is 0.0448. The zero-order valence-electron chi connectivity index (χ0n) is 13.5. The van der Waals surface area contributed by atoms with Gasteiger partial charge in [-0.2, -0.15) is 0 Å². The number of nitro benzene ring substituents is 2. The molecule has 0 bridgehead atoms. The van der Waals surface area contributed by atoms with Crippen LogP contribution in [0.4, 0.5) is 17.1 Å². The number of rotatable bonds is 7. The molecule has 0 aromatic heterocycles. The van der Waals surface area contributed by atoms with Gasteiger partial charge in [0.05, 0.1) is 20.8 Å². The van der Waals surface area contributed by atoms with Crippen molar-refractivity contribution in [2.24, 2.45) is 0 Å². The van der Waals surface area contributed by atoms with E-state index >= 15 is 0 Å². The van der Waals surface area contributed by atoms with Crippen LogP contribution in [0.15, 0.2) is 47.4 Å². The van der Waals surface area contributed by atoms with Crippen LogP contribution >= 0.6 is 0 Å². The molecule has 10 nitrogen and oxygen atoms in total. The summed E-state index contributed by atoms with van der Waals surface area (Å²) < 4.78 is 23.0. The van der Waals surface area contributed by atoms with E-state index in [0.29, 0.717) is 5.56 Å². The van der Waals surface area contributed by atoms with Crippen LogP contribution in [-0.2, 0) is 9.84 Å². The number of hydrogen-bond acceptors (Lipinski definition) is 8. The third-order valence-electron chi connectivity index (χ3n) is 3.57. The van der Waals surface area contributed by atoms with Gasteiger partial charge in [-0.1, -0.05) is 0 Å². The molecule has 11 heteroatoms. The van der Waals surface area contributed by atoms with Gasteiger partial charge in [-0.3, -0.25) is 20.2 Å². The van der Waals surface area contributed by atoms with Crippen molar-refractivity contribution in [3.63, 3.8) is 0 Å². The number of aliphatic hydroxyl groups excluding tert-OH is 1. The summed E-state index contributed by atoms with van der Waals surface area (Å²) >= 11 is 0. The van der Waals surface area contributed by atoms with Crippen molar-refractivity contribution in [1.29, 1.82) is 0 Å². The summed E-state index contributed by atoms with van der Waals surface area (Å²) in [6.07, 6.45) is -0.137. The maximum Gasteiger partial charge on any atom is 0.293 e. The predicted molar refractivity (Wildman–Crippen MR) is 92.8 cm³/mol. The highest BCUT2D eigenvalue weighted by Gasteiger charge is 2.19. The van der Waals surface area contributed by atoms with E-state index in [1.165, 1.54) is 36.4 Å². The maximum absolute atomic E-state index is 11.5. The second kappa shape index (κ2) is 7.45. The predicted octanol–water partition coefficient (Wildman–Crippen LogP) is 2.05. The van der Waals surface area contributed by atoms with Gasteiger partial charge >= 0.3 is 0 Å². The lowest BCUT2D eigenvalue weighted by atomic mass is 10.1. The zero-order valence-corrected chi connectivity index (χ0v) is 14.3. The van der Waals surface area contributed by atoms with Crippen LogP contribution in [0.25, 0.3) is 0 Å². The quantitative estimate of drug-likeness (QED) is 0.546. The van der Waals surface area contributed by atoms with Gasteiger partial charge in [-0.25, -0.2) is 8.42 Å². The Morgan fingerprint density at radius 2 is 1.69 bits per heavy atom. The number of nitrogens with one attached hydrogen (secondary N) is 1. The first-order valence-electron chi connectivity index (χ1n) is 7.24. The minimum atomic E-state index is -3.60. The Hall–Kier alpha value is -3.05. The Balaban J connectivity index is 2.17. The molecule has 0 saturated heterocycles. The fourth-order valence-electron chi connectivity index (χ4n) is 2.19. The average Bonchev–Trinajstić information content (AvgIpc) is 2.58. The van der Waals surface area contributed by atoms with Crippen LogP contribution in [0.2, 0.25) is 0 Å². The fraction of sp³-hybridized carbons (Fsp3) is 0.200. The number of benzene rings is 2. The van der Waals surface area contributed by atoms with Crippen LogP contribution in [-0.4, -0.2) is 36.2 Å². The van der Waals surface area contributed by atoms with Crippen molar-refractivity contribution in [3.8, 4) is 0 Å². The standard InChI is InChI=1S/C15H15N3O7S/c1-26(24,25)12-6-7-13(14(8-12)18(22)23)16-9-15(19)10-2-4-11(5-3-10)17(20)21/h2-8,15-16,19H,9H2,1H3. The molecule has 138 valence electrons. The van der Waals surface area contributed by atoms with Gasteiger partial charge in [0.25, 0.3) is 11.4 Å². The van der Waals surface area contributed by atoms with E-state index in [2.05, 4.69) is 5.32 Å². The molecule has 0 fully saturated rings. The lowest BCUT2D eigenvalue weighted by molar-refractivity contribution is -0.384. The van der Waals surface area contributed by atoms with Crippen LogP contribution in [0.3, 0.4) is 0 Å². The molecule has 1 atom stereocenters. The molecule has 0 amide bonds. The third-order valence-corrected chi connectivity index (χ3v) is 4.68. The normalized spacial score (nSPS) is 12.4. The second-order valence-corrected chi connectivity index (χ2v) is 7.47. The molecule has 0 aliphatic carbocycles. The van der Waals surface area contributed by atoms with E-state index in [-0.39, 0.29) is 22.8 Å². The molecule has 2 aromatic carbocycles. The highest BCUT2D eigenvalue weighted by Crippen LogP contribution is 2.28. The fourth-order valence-corrected chi connectivity index (χ4v) is 2.83. The van der Waals surface area contributed by atoms with E-state index in [1.54, 1.807) is 0 Å². The Morgan fingerprint density at radius 1 is 1.08 bits per heavy atom. The van der Waals surface area contributed by atoms with E-state index in [4.69, 9.17) is 0 Å². The molecular weight excluding hydrogens is 366 g/mol. The zero-order chi connectivity index (χ0) is 19.5. The number of nitrogens with zero attached hydrogens (tertiary/aromatic N) is 2. The van der Waals surface area contributed by atoms with Gasteiger partial charge in [-0.15, -0.1) is 0 Å². The Bertz CT molecular complexity index is 942. The molecule has 0 radical (unpaired) electrons. The summed E-state index contributed by atoms with van der Waals surface area (Å²) in [6, 6.07) is 8.65. The first-order valence-corrected chi connectivity index (χ1v) is 9.13. The Morgan fingerprint density at radius 3 is 2.19 bits per heavy atom. The van der Waals surface area contributed by atoms with E-state index < -0.39 is 31.5 Å². The van der Waals surface area contributed by atoms with Crippen molar-refractivity contribution in [2.75, 3.05) is 18.1 Å². The molecule has 26 heavy (non-hydrogen) atoms. The lowest BCUT2D eigenvalue weighted by Crippen LogP contribution is -2.13. The van der Waals surface area contributed by atoms with Crippen molar-refractivity contribution in [2.45, 2.75) is 11.0 Å². The van der Waals surface area contributed by atoms with Crippen LogP contribution < -0.4 is 5.32 Å². The van der Waals surface area contributed by atoms with Crippen LogP contribution in [0.1, 0.15) is 11.7 Å². The topological polar surface area (TPSA) is 153 Å². The molecule has 2 N–H and O–H groups in total. The molecule has 0 saturated carbocycles. The lowest BCUT2D eigenvalue weighted by Gasteiger charge is -2.13. The van der Waals surface area contributed by atoms with Gasteiger partial charge in [0, 0.05) is 31.0 Å². The number of sulfone groups is 1. The largest absolute Gasteiger partial charge is 0.387 e. The molecular formula is C15H15N3O7S. The molecule has 0 aliphatic rings. The molecule has 2 aromatic rings. The average molecular weight is 381 g/mol. The third kappa shape index (κ3) is 4.52. The summed E-state index contributed by atoms with van der Waals surface area (Å²) in [7, 11) is -3.60. The highest BCUT2D eigenvalue weighted by molar-refractivity contribution is 7.90. The van der Waals surface area contributed by atoms with Crippen molar-refractivity contribution < 1.29 is 23.4 Å². The monoisotopic (exact) mass is 381 g/mol. The summed E-state index contributed by atoms with van der Waals surface area (Å²) in [6.45, 7) is -0.114. The second-order valence-electron chi connectivity index (χ2n) is 5.45. The minimum Gasteiger partial charge on any atom is -0.387 e. The van der Waals surface area contributed by atoms with Crippen LogP contribution in [0.5, 0.6) is 0 Å². The summed E-state index contributed by atoms with van der Waals surface area (Å²) in [4.78, 5) is 20.3. The smallest absolute Gasteiger partial charge is 0.293 e. The maximum atomic E-state index is 11.5. The van der Waals surface area contributed by atoms with Crippen molar-refractivity contribution in [3.05, 3.63) is 68.3 Å². The SMILES string of the molecule is CS(=O)(=O)c1ccc(NCC(O)c2ccc([N+](=O)[O-])cc2)c([N+](=O)[O-])c1. The highest BCUT2D eigenvalue weighted by atomic mass is 32.2. The van der Waals surface area contributed by atoms with Crippen molar-refractivity contribution >= 4 is 26.9 Å². The summed E-state index contributed by atoms with van der Waals surface area (Å²) in [5.41, 5.74) is -0.133. The number of non-ortho nitro benzene ring substituents is 1. The van der Waals surface area contributed by atoms with E-state index in [9.17, 15) is 33.8 Å². The summed E-state index contributed by atoms with van der Waals surface area (Å²) in [5, 5.41) is 34.6. The van der Waals surface area contributed by atoms with Gasteiger partial charge in [0.2, 0.25) is 0 Å². The Labute approximate surface area is 148 Å². The van der Waals surface area contributed by atoms with E-state index in [0.717, 1.165) is 12.3 Å². The number of aliphatic hydroxyl groups is 1. The summed E-state index contributed by atoms with van der Waals surface area (Å²) in [5.74, 6) is 0. The van der Waals surface area contributed by atoms with Gasteiger partial charge in [0.1, 0.15) is 5.69 Å². The first-order chi connectivity index (χ1) is 12.1. The molecule has 2 rings (SSSR count). The van der Waals surface area contributed by atoms with Gasteiger partial charge < -0.3 is 10.4 Å². The molecule has 0 heterocycles. The first kappa shape index (κ1) is 19.3. The Kier molecular flexibility index (Phi) is 5.53. The van der Waals surface area contributed by atoms with Gasteiger partial charge in [0.15, 0.2) is 9.84 Å². The molecule has 0 spiro atoms. The van der Waals surface area contributed by atoms with Crippen molar-refractivity contribution in [1.82, 2.24) is 0 Å². The van der Waals surface area contributed by atoms with Crippen LogP contribution in [0, 0.1) is 20.2 Å². The number of anilines is 1. The number of nitro groups is 2. The van der Waals surface area contributed by atoms with E-state index in [1.807, 2.05) is 0 Å². The number of hydrogen-bond donors (Lipinski definition) is 2. The molecule has 0 aliphatic heterocycles. The molecule has 1 unspecified atom stereocenters. The van der Waals surface area contributed by atoms with Gasteiger partial charge in [-0.05, 0) is 29.8 Å².